The molecule has 0 amide bonds. The van der Waals surface area contributed by atoms with Crippen LogP contribution in [-0.2, 0) is 6.42 Å². The Morgan fingerprint density at radius 1 is 1.50 bits per heavy atom. The highest BCUT2D eigenvalue weighted by Gasteiger charge is 2.08. The number of hydrogen-bond donors (Lipinski definition) is 2. The molecule has 0 spiro atoms. The number of hydrogen-bond acceptors (Lipinski definition) is 4. The topological polar surface area (TPSA) is 80.5 Å². The summed E-state index contributed by atoms with van der Waals surface area (Å²) < 4.78 is 0. The average Bonchev–Trinajstić information content (AvgIpc) is 2.37. The molecular formula is C7H15N5. The molecule has 0 aliphatic heterocycles. The molecule has 1 rings (SSSR count). The monoisotopic (exact) mass is 169 g/mol. The van der Waals surface area contributed by atoms with Gasteiger partial charge in [0.1, 0.15) is 5.82 Å². The van der Waals surface area contributed by atoms with Crippen molar-refractivity contribution >= 4 is 0 Å². The summed E-state index contributed by atoms with van der Waals surface area (Å²) in [4.78, 5) is 0. The molecule has 1 unspecified atom stereocenters. The molecule has 1 atom stereocenters. The van der Waals surface area contributed by atoms with Crippen molar-refractivity contribution in [2.24, 2.45) is 11.7 Å². The van der Waals surface area contributed by atoms with Gasteiger partial charge < -0.3 is 5.73 Å². The van der Waals surface area contributed by atoms with Crippen molar-refractivity contribution in [2.75, 3.05) is 0 Å². The van der Waals surface area contributed by atoms with Gasteiger partial charge in [-0.05, 0) is 22.8 Å². The summed E-state index contributed by atoms with van der Waals surface area (Å²) in [6, 6.07) is 0.153. The third-order valence-corrected chi connectivity index (χ3v) is 1.62. The van der Waals surface area contributed by atoms with E-state index in [9.17, 15) is 0 Å². The van der Waals surface area contributed by atoms with E-state index in [0.717, 1.165) is 18.7 Å². The predicted molar refractivity (Wildman–Crippen MR) is 45.3 cm³/mol. The van der Waals surface area contributed by atoms with E-state index in [1.54, 1.807) is 0 Å². The zero-order chi connectivity index (χ0) is 8.97. The molecule has 68 valence electrons. The first-order valence-corrected chi connectivity index (χ1v) is 4.16. The van der Waals surface area contributed by atoms with E-state index >= 15 is 0 Å². The minimum absolute atomic E-state index is 0.153. The van der Waals surface area contributed by atoms with Gasteiger partial charge in [0.05, 0.1) is 0 Å². The van der Waals surface area contributed by atoms with Crippen LogP contribution in [0.15, 0.2) is 0 Å². The van der Waals surface area contributed by atoms with Gasteiger partial charge in [0.25, 0.3) is 0 Å². The Morgan fingerprint density at radius 3 is 2.75 bits per heavy atom. The van der Waals surface area contributed by atoms with Gasteiger partial charge >= 0.3 is 0 Å². The Morgan fingerprint density at radius 2 is 2.25 bits per heavy atom. The van der Waals surface area contributed by atoms with Gasteiger partial charge in [-0.2, -0.15) is 0 Å². The van der Waals surface area contributed by atoms with Gasteiger partial charge in [0.2, 0.25) is 0 Å². The summed E-state index contributed by atoms with van der Waals surface area (Å²) in [6.07, 6.45) is 1.73. The molecule has 1 aromatic heterocycles. The van der Waals surface area contributed by atoms with Crippen LogP contribution in [0.5, 0.6) is 0 Å². The fraction of sp³-hybridized carbons (Fsp3) is 0.857. The van der Waals surface area contributed by atoms with Crippen LogP contribution in [0.4, 0.5) is 0 Å². The van der Waals surface area contributed by atoms with Crippen molar-refractivity contribution in [1.29, 1.82) is 0 Å². The van der Waals surface area contributed by atoms with E-state index < -0.39 is 0 Å². The van der Waals surface area contributed by atoms with Crippen molar-refractivity contribution in [1.82, 2.24) is 20.6 Å². The minimum Gasteiger partial charge on any atom is -0.327 e. The minimum atomic E-state index is 0.153. The van der Waals surface area contributed by atoms with E-state index in [4.69, 9.17) is 5.73 Å². The van der Waals surface area contributed by atoms with Crippen LogP contribution in [0.1, 0.15) is 26.1 Å². The molecule has 0 radical (unpaired) electrons. The van der Waals surface area contributed by atoms with Gasteiger partial charge in [0, 0.05) is 12.5 Å². The molecule has 5 nitrogen and oxygen atoms in total. The Hall–Kier alpha value is -0.970. The van der Waals surface area contributed by atoms with Gasteiger partial charge in [-0.25, -0.2) is 5.10 Å². The second kappa shape index (κ2) is 4.15. The van der Waals surface area contributed by atoms with Crippen LogP contribution in [0.2, 0.25) is 0 Å². The third kappa shape index (κ3) is 2.96. The Bertz CT molecular complexity index is 206. The van der Waals surface area contributed by atoms with Crippen LogP contribution >= 0.6 is 0 Å². The first kappa shape index (κ1) is 9.12. The summed E-state index contributed by atoms with van der Waals surface area (Å²) in [5.41, 5.74) is 5.85. The molecule has 0 aromatic carbocycles. The second-order valence-electron chi connectivity index (χ2n) is 3.44. The Kier molecular flexibility index (Phi) is 3.16. The number of tetrazole rings is 1. The molecule has 0 aliphatic rings. The maximum absolute atomic E-state index is 5.85. The van der Waals surface area contributed by atoms with Crippen molar-refractivity contribution in [3.63, 3.8) is 0 Å². The summed E-state index contributed by atoms with van der Waals surface area (Å²) in [5.74, 6) is 1.39. The largest absolute Gasteiger partial charge is 0.327 e. The number of rotatable bonds is 4. The molecule has 0 saturated heterocycles. The number of aromatic amines is 1. The molecule has 0 aliphatic carbocycles. The molecule has 5 heteroatoms. The van der Waals surface area contributed by atoms with E-state index in [0.29, 0.717) is 5.92 Å². The average molecular weight is 169 g/mol. The first-order chi connectivity index (χ1) is 5.68. The fourth-order valence-corrected chi connectivity index (χ4v) is 1.20. The highest BCUT2D eigenvalue weighted by atomic mass is 15.5. The highest BCUT2D eigenvalue weighted by Crippen LogP contribution is 2.05. The SMILES string of the molecule is CC(C)CC(N)Cc1nnn[nH]1. The summed E-state index contributed by atoms with van der Waals surface area (Å²) in [6.45, 7) is 4.30. The second-order valence-corrected chi connectivity index (χ2v) is 3.44. The summed E-state index contributed by atoms with van der Waals surface area (Å²) in [7, 11) is 0. The molecule has 1 aromatic rings. The van der Waals surface area contributed by atoms with Gasteiger partial charge in [-0.15, -0.1) is 5.10 Å². The third-order valence-electron chi connectivity index (χ3n) is 1.62. The van der Waals surface area contributed by atoms with E-state index in [-0.39, 0.29) is 6.04 Å². The summed E-state index contributed by atoms with van der Waals surface area (Å²) >= 11 is 0. The van der Waals surface area contributed by atoms with Crippen molar-refractivity contribution in [3.8, 4) is 0 Å². The Labute approximate surface area is 71.7 Å². The zero-order valence-electron chi connectivity index (χ0n) is 7.49. The maximum atomic E-state index is 5.85. The van der Waals surface area contributed by atoms with E-state index in [1.165, 1.54) is 0 Å². The lowest BCUT2D eigenvalue weighted by atomic mass is 10.0. The predicted octanol–water partition coefficient (Wildman–Crippen LogP) is 0.116. The van der Waals surface area contributed by atoms with Crippen LogP contribution < -0.4 is 5.73 Å². The number of nitrogens with zero attached hydrogens (tertiary/aromatic N) is 3. The van der Waals surface area contributed by atoms with Crippen LogP contribution in [0, 0.1) is 5.92 Å². The van der Waals surface area contributed by atoms with E-state index in [2.05, 4.69) is 34.5 Å². The number of aromatic nitrogens is 4. The van der Waals surface area contributed by atoms with E-state index in [1.807, 2.05) is 0 Å². The van der Waals surface area contributed by atoms with Crippen molar-refractivity contribution in [3.05, 3.63) is 5.82 Å². The van der Waals surface area contributed by atoms with Crippen molar-refractivity contribution in [2.45, 2.75) is 32.7 Å². The quantitative estimate of drug-likeness (QED) is 0.670. The number of H-pyrrole nitrogens is 1. The first-order valence-electron chi connectivity index (χ1n) is 4.16. The molecule has 0 bridgehead atoms. The number of nitrogens with one attached hydrogen (secondary N) is 1. The lowest BCUT2D eigenvalue weighted by molar-refractivity contribution is 0.487. The molecule has 3 N–H and O–H groups in total. The number of nitrogens with two attached hydrogens (primary N) is 1. The standard InChI is InChI=1S/C7H15N5/c1-5(2)3-6(8)4-7-9-11-12-10-7/h5-6H,3-4,8H2,1-2H3,(H,9,10,11,12). The molecular weight excluding hydrogens is 154 g/mol. The lowest BCUT2D eigenvalue weighted by Gasteiger charge is -2.11. The Balaban J connectivity index is 2.32. The smallest absolute Gasteiger partial charge is 0.149 e. The van der Waals surface area contributed by atoms with Gasteiger partial charge in [-0.3, -0.25) is 0 Å². The molecule has 1 heterocycles. The normalized spacial score (nSPS) is 13.7. The van der Waals surface area contributed by atoms with Gasteiger partial charge in [0.15, 0.2) is 0 Å². The lowest BCUT2D eigenvalue weighted by Crippen LogP contribution is -2.25. The van der Waals surface area contributed by atoms with Crippen LogP contribution in [0.25, 0.3) is 0 Å². The van der Waals surface area contributed by atoms with Gasteiger partial charge in [-0.1, -0.05) is 13.8 Å². The van der Waals surface area contributed by atoms with Crippen LogP contribution in [0.3, 0.4) is 0 Å². The maximum Gasteiger partial charge on any atom is 0.149 e. The molecule has 0 fully saturated rings. The fourth-order valence-electron chi connectivity index (χ4n) is 1.20. The summed E-state index contributed by atoms with van der Waals surface area (Å²) in [5, 5.41) is 13.4. The highest BCUT2D eigenvalue weighted by molar-refractivity contribution is 4.82. The van der Waals surface area contributed by atoms with Crippen molar-refractivity contribution < 1.29 is 0 Å². The molecule has 0 saturated carbocycles. The molecule has 12 heavy (non-hydrogen) atoms. The zero-order valence-corrected chi connectivity index (χ0v) is 7.49. The van der Waals surface area contributed by atoms with Crippen LogP contribution in [-0.4, -0.2) is 26.7 Å².